The minimum Gasteiger partial charge on any atom is -0.372 e. The highest BCUT2D eigenvalue weighted by Crippen LogP contribution is 2.01. The molecule has 0 aromatic heterocycles. The monoisotopic (exact) mass is 314 g/mol. The molecule has 0 aliphatic carbocycles. The molecule has 1 fully saturated rings. The molecule has 6 nitrogen and oxygen atoms in total. The van der Waals surface area contributed by atoms with Crippen LogP contribution in [0.4, 0.5) is 0 Å². The summed E-state index contributed by atoms with van der Waals surface area (Å²) in [4.78, 5) is 26.9. The number of ether oxygens (including phenoxy) is 2. The van der Waals surface area contributed by atoms with Gasteiger partial charge in [0.2, 0.25) is 0 Å². The van der Waals surface area contributed by atoms with Crippen molar-refractivity contribution in [2.75, 3.05) is 65.7 Å². The Morgan fingerprint density at radius 2 is 1.36 bits per heavy atom. The van der Waals surface area contributed by atoms with E-state index in [2.05, 4.69) is 9.80 Å². The summed E-state index contributed by atoms with van der Waals surface area (Å²) in [7, 11) is 0. The number of hydrogen-bond donors (Lipinski definition) is 0. The Labute approximate surface area is 133 Å². The molecule has 0 spiro atoms. The van der Waals surface area contributed by atoms with Gasteiger partial charge in [-0.05, 0) is 6.92 Å². The zero-order valence-electron chi connectivity index (χ0n) is 14.2. The van der Waals surface area contributed by atoms with Crippen LogP contribution < -0.4 is 0 Å². The van der Waals surface area contributed by atoms with Gasteiger partial charge in [0.1, 0.15) is 13.2 Å². The van der Waals surface area contributed by atoms with E-state index in [1.807, 2.05) is 13.8 Å². The van der Waals surface area contributed by atoms with E-state index in [0.29, 0.717) is 13.2 Å². The molecule has 22 heavy (non-hydrogen) atoms. The molecule has 0 saturated carbocycles. The Hall–Kier alpha value is -0.820. The molecule has 128 valence electrons. The molecule has 0 unspecified atom stereocenters. The fourth-order valence-corrected chi connectivity index (χ4v) is 2.18. The fourth-order valence-electron chi connectivity index (χ4n) is 2.18. The lowest BCUT2D eigenvalue weighted by Gasteiger charge is -2.34. The Kier molecular flexibility index (Phi) is 9.47. The van der Waals surface area contributed by atoms with E-state index in [1.54, 1.807) is 0 Å². The highest BCUT2D eigenvalue weighted by atomic mass is 16.5. The first-order valence-corrected chi connectivity index (χ1v) is 8.11. The number of rotatable bonds is 11. The van der Waals surface area contributed by atoms with Crippen molar-refractivity contribution in [3.63, 3.8) is 0 Å². The van der Waals surface area contributed by atoms with E-state index in [1.165, 1.54) is 6.92 Å². The first-order chi connectivity index (χ1) is 10.5. The number of nitrogens with zero attached hydrogens (tertiary/aromatic N) is 2. The third kappa shape index (κ3) is 8.58. The lowest BCUT2D eigenvalue weighted by Crippen LogP contribution is -2.48. The zero-order chi connectivity index (χ0) is 16.4. The number of Topliss-reactive ketones (excluding diaryl/α,β-unsaturated/α-hetero) is 2. The number of ketones is 2. The van der Waals surface area contributed by atoms with E-state index in [-0.39, 0.29) is 30.7 Å². The third-order valence-corrected chi connectivity index (χ3v) is 3.76. The van der Waals surface area contributed by atoms with E-state index in [0.717, 1.165) is 39.3 Å². The maximum Gasteiger partial charge on any atom is 0.160 e. The molecule has 0 bridgehead atoms. The van der Waals surface area contributed by atoms with E-state index >= 15 is 0 Å². The average molecular weight is 314 g/mol. The SMILES string of the molecule is CC(=O)COCCN1CCN(CCOCC(=O)C(C)C)CC1. The second-order valence-electron chi connectivity index (χ2n) is 6.11. The van der Waals surface area contributed by atoms with Gasteiger partial charge in [-0.25, -0.2) is 0 Å². The van der Waals surface area contributed by atoms with Crippen molar-refractivity contribution >= 4 is 11.6 Å². The normalized spacial score (nSPS) is 17.1. The van der Waals surface area contributed by atoms with E-state index in [4.69, 9.17) is 9.47 Å². The average Bonchev–Trinajstić information content (AvgIpc) is 2.49. The molecule has 1 aliphatic rings. The van der Waals surface area contributed by atoms with Crippen molar-refractivity contribution in [2.24, 2.45) is 5.92 Å². The molecule has 1 saturated heterocycles. The molecule has 0 N–H and O–H groups in total. The summed E-state index contributed by atoms with van der Waals surface area (Å²) in [5.74, 6) is 0.282. The van der Waals surface area contributed by atoms with Gasteiger partial charge >= 0.3 is 0 Å². The summed E-state index contributed by atoms with van der Waals surface area (Å²) in [6.45, 7) is 12.8. The van der Waals surface area contributed by atoms with Gasteiger partial charge in [-0.3, -0.25) is 19.4 Å². The molecular formula is C16H30N2O4. The summed E-state index contributed by atoms with van der Waals surface area (Å²) in [6.07, 6.45) is 0. The molecule has 0 radical (unpaired) electrons. The van der Waals surface area contributed by atoms with Gasteiger partial charge in [-0.1, -0.05) is 13.8 Å². The summed E-state index contributed by atoms with van der Waals surface area (Å²) in [6, 6.07) is 0. The van der Waals surface area contributed by atoms with Crippen LogP contribution in [0.1, 0.15) is 20.8 Å². The lowest BCUT2D eigenvalue weighted by atomic mass is 10.1. The van der Waals surface area contributed by atoms with Crippen LogP contribution in [0.25, 0.3) is 0 Å². The smallest absolute Gasteiger partial charge is 0.160 e. The van der Waals surface area contributed by atoms with Crippen molar-refractivity contribution in [3.8, 4) is 0 Å². The van der Waals surface area contributed by atoms with Gasteiger partial charge < -0.3 is 9.47 Å². The highest BCUT2D eigenvalue weighted by molar-refractivity contribution is 5.81. The molecule has 0 aromatic rings. The van der Waals surface area contributed by atoms with E-state index in [9.17, 15) is 9.59 Å². The van der Waals surface area contributed by atoms with Gasteiger partial charge in [-0.15, -0.1) is 0 Å². The van der Waals surface area contributed by atoms with Crippen LogP contribution in [-0.4, -0.2) is 87.1 Å². The second-order valence-corrected chi connectivity index (χ2v) is 6.11. The number of carbonyl (C=O) groups excluding carboxylic acids is 2. The van der Waals surface area contributed by atoms with Crippen LogP contribution >= 0.6 is 0 Å². The Balaban J connectivity index is 2.00. The summed E-state index contributed by atoms with van der Waals surface area (Å²) in [5.41, 5.74) is 0. The van der Waals surface area contributed by atoms with Crippen LogP contribution in [0, 0.1) is 5.92 Å². The first kappa shape index (κ1) is 19.2. The summed E-state index contributed by atoms with van der Waals surface area (Å²) < 4.78 is 10.7. The second kappa shape index (κ2) is 10.8. The fraction of sp³-hybridized carbons (Fsp3) is 0.875. The number of hydrogen-bond acceptors (Lipinski definition) is 6. The lowest BCUT2D eigenvalue weighted by molar-refractivity contribution is -0.126. The molecule has 1 rings (SSSR count). The number of piperazine rings is 1. The number of carbonyl (C=O) groups is 2. The van der Waals surface area contributed by atoms with Crippen LogP contribution in [0.15, 0.2) is 0 Å². The Morgan fingerprint density at radius 3 is 1.77 bits per heavy atom. The minimum atomic E-state index is 0.0498. The van der Waals surface area contributed by atoms with Crippen LogP contribution in [-0.2, 0) is 19.1 Å². The Morgan fingerprint density at radius 1 is 0.909 bits per heavy atom. The maximum atomic E-state index is 11.4. The quantitative estimate of drug-likeness (QED) is 0.516. The van der Waals surface area contributed by atoms with Crippen LogP contribution in [0.2, 0.25) is 0 Å². The van der Waals surface area contributed by atoms with Gasteiger partial charge in [0.25, 0.3) is 0 Å². The Bertz CT molecular complexity index is 339. The standard InChI is InChI=1S/C16H30N2O4/c1-14(2)16(20)13-22-11-9-18-6-4-17(5-7-18)8-10-21-12-15(3)19/h14H,4-13H2,1-3H3. The molecular weight excluding hydrogens is 284 g/mol. The molecule has 6 heteroatoms. The van der Waals surface area contributed by atoms with Crippen LogP contribution in [0.3, 0.4) is 0 Å². The summed E-state index contributed by atoms with van der Waals surface area (Å²) >= 11 is 0. The van der Waals surface area contributed by atoms with Crippen molar-refractivity contribution in [3.05, 3.63) is 0 Å². The van der Waals surface area contributed by atoms with Crippen molar-refractivity contribution in [1.82, 2.24) is 9.80 Å². The van der Waals surface area contributed by atoms with Gasteiger partial charge in [0.05, 0.1) is 13.2 Å². The molecule has 0 amide bonds. The van der Waals surface area contributed by atoms with Crippen molar-refractivity contribution in [2.45, 2.75) is 20.8 Å². The van der Waals surface area contributed by atoms with Crippen molar-refractivity contribution < 1.29 is 19.1 Å². The predicted molar refractivity (Wildman–Crippen MR) is 85.0 cm³/mol. The molecule has 1 aliphatic heterocycles. The molecule has 0 atom stereocenters. The predicted octanol–water partition coefficient (Wildman–Crippen LogP) is 0.451. The van der Waals surface area contributed by atoms with E-state index < -0.39 is 0 Å². The topological polar surface area (TPSA) is 59.1 Å². The van der Waals surface area contributed by atoms with Crippen LogP contribution in [0.5, 0.6) is 0 Å². The van der Waals surface area contributed by atoms with Gasteiger partial charge in [-0.2, -0.15) is 0 Å². The molecule has 0 aromatic carbocycles. The summed E-state index contributed by atoms with van der Waals surface area (Å²) in [5, 5.41) is 0. The third-order valence-electron chi connectivity index (χ3n) is 3.76. The van der Waals surface area contributed by atoms with Gasteiger partial charge in [0, 0.05) is 45.2 Å². The highest BCUT2D eigenvalue weighted by Gasteiger charge is 2.16. The largest absolute Gasteiger partial charge is 0.372 e. The molecule has 1 heterocycles. The minimum absolute atomic E-state index is 0.0498. The van der Waals surface area contributed by atoms with Crippen molar-refractivity contribution in [1.29, 1.82) is 0 Å². The first-order valence-electron chi connectivity index (χ1n) is 8.11. The zero-order valence-corrected chi connectivity index (χ0v) is 14.2. The maximum absolute atomic E-state index is 11.4. The van der Waals surface area contributed by atoms with Gasteiger partial charge in [0.15, 0.2) is 11.6 Å².